The molecule has 0 bridgehead atoms. The first kappa shape index (κ1) is 23.5. The molecule has 2 amide bonds. The predicted molar refractivity (Wildman–Crippen MR) is 126 cm³/mol. The Hall–Kier alpha value is -2.21. The molecule has 1 aliphatic rings. The Balaban J connectivity index is 1.49. The molecule has 5 nitrogen and oxygen atoms in total. The number of benzene rings is 1. The first-order chi connectivity index (χ1) is 14.7. The second kappa shape index (κ2) is 10.4. The molecule has 1 heterocycles. The number of amides is 2. The van der Waals surface area contributed by atoms with E-state index < -0.39 is 5.41 Å². The van der Waals surface area contributed by atoms with Gasteiger partial charge in [-0.1, -0.05) is 50.6 Å². The largest absolute Gasteiger partial charge is 0.356 e. The van der Waals surface area contributed by atoms with Gasteiger partial charge in [0.25, 0.3) is 0 Å². The van der Waals surface area contributed by atoms with Gasteiger partial charge < -0.3 is 10.6 Å². The first-order valence-corrected chi connectivity index (χ1v) is 12.1. The van der Waals surface area contributed by atoms with Crippen molar-refractivity contribution in [2.24, 2.45) is 17.3 Å². The fourth-order valence-electron chi connectivity index (χ4n) is 4.06. The van der Waals surface area contributed by atoms with Crippen molar-refractivity contribution in [2.45, 2.75) is 65.8 Å². The third kappa shape index (κ3) is 6.89. The molecule has 168 valence electrons. The molecule has 6 heteroatoms. The number of aryl methyl sites for hydroxylation is 1. The fourth-order valence-corrected chi connectivity index (χ4v) is 4.85. The molecule has 2 aromatic rings. The number of hydrogen-bond donors (Lipinski definition) is 2. The van der Waals surface area contributed by atoms with Crippen molar-refractivity contribution in [1.82, 2.24) is 15.6 Å². The lowest BCUT2D eigenvalue weighted by Crippen LogP contribution is -2.41. The second-order valence-electron chi connectivity index (χ2n) is 9.82. The van der Waals surface area contributed by atoms with Crippen molar-refractivity contribution >= 4 is 23.2 Å². The minimum Gasteiger partial charge on any atom is -0.356 e. The van der Waals surface area contributed by atoms with E-state index in [1.54, 1.807) is 11.3 Å². The number of hydrogen-bond acceptors (Lipinski definition) is 4. The number of carbonyl (C=O) groups is 2. The van der Waals surface area contributed by atoms with E-state index in [1.807, 2.05) is 63.5 Å². The topological polar surface area (TPSA) is 71.1 Å². The van der Waals surface area contributed by atoms with Gasteiger partial charge in [-0.3, -0.25) is 9.59 Å². The van der Waals surface area contributed by atoms with Crippen molar-refractivity contribution in [2.75, 3.05) is 6.54 Å². The molecule has 0 spiro atoms. The zero-order chi connectivity index (χ0) is 22.4. The number of carbonyl (C=O) groups excluding carboxylic acids is 2. The quantitative estimate of drug-likeness (QED) is 0.647. The van der Waals surface area contributed by atoms with E-state index >= 15 is 0 Å². The summed E-state index contributed by atoms with van der Waals surface area (Å²) in [7, 11) is 0. The van der Waals surface area contributed by atoms with Crippen LogP contribution in [0.15, 0.2) is 35.8 Å². The molecule has 1 fully saturated rings. The van der Waals surface area contributed by atoms with Gasteiger partial charge in [0.15, 0.2) is 0 Å². The van der Waals surface area contributed by atoms with E-state index in [1.165, 1.54) is 5.56 Å². The van der Waals surface area contributed by atoms with Crippen molar-refractivity contribution in [3.63, 3.8) is 0 Å². The molecule has 1 atom stereocenters. The maximum absolute atomic E-state index is 12.6. The van der Waals surface area contributed by atoms with Crippen LogP contribution in [0.4, 0.5) is 0 Å². The summed E-state index contributed by atoms with van der Waals surface area (Å²) < 4.78 is 0. The summed E-state index contributed by atoms with van der Waals surface area (Å²) in [4.78, 5) is 29.5. The van der Waals surface area contributed by atoms with Crippen LogP contribution in [0.2, 0.25) is 0 Å². The Morgan fingerprint density at radius 1 is 1.13 bits per heavy atom. The highest BCUT2D eigenvalue weighted by atomic mass is 32.1. The molecule has 3 rings (SSSR count). The van der Waals surface area contributed by atoms with E-state index in [2.05, 4.69) is 15.6 Å². The molecule has 1 aromatic heterocycles. The minimum absolute atomic E-state index is 0.0243. The number of nitrogens with zero attached hydrogens (tertiary/aromatic N) is 1. The number of rotatable bonds is 7. The Labute approximate surface area is 190 Å². The van der Waals surface area contributed by atoms with Gasteiger partial charge in [-0.2, -0.15) is 0 Å². The summed E-state index contributed by atoms with van der Waals surface area (Å²) in [6.45, 7) is 8.60. The highest BCUT2D eigenvalue weighted by Gasteiger charge is 2.33. The van der Waals surface area contributed by atoms with Gasteiger partial charge in [-0.25, -0.2) is 4.98 Å². The Bertz CT molecular complexity index is 848. The van der Waals surface area contributed by atoms with Crippen LogP contribution in [0.3, 0.4) is 0 Å². The maximum atomic E-state index is 12.6. The smallest absolute Gasteiger partial charge is 0.225 e. The summed E-state index contributed by atoms with van der Waals surface area (Å²) in [6, 6.07) is 8.10. The van der Waals surface area contributed by atoms with Crippen LogP contribution in [-0.2, 0) is 16.0 Å². The number of aromatic nitrogens is 1. The second-order valence-corrected chi connectivity index (χ2v) is 10.7. The summed E-state index contributed by atoms with van der Waals surface area (Å²) >= 11 is 1.61. The first-order valence-electron chi connectivity index (χ1n) is 11.2. The molecule has 1 saturated carbocycles. The Morgan fingerprint density at radius 3 is 2.39 bits per heavy atom. The van der Waals surface area contributed by atoms with E-state index in [4.69, 9.17) is 0 Å². The highest BCUT2D eigenvalue weighted by molar-refractivity contribution is 7.09. The van der Waals surface area contributed by atoms with Crippen LogP contribution < -0.4 is 10.6 Å². The normalized spacial score (nSPS) is 20.1. The SMILES string of the molecule is Cc1ccc(CC(=O)NCC2CCC([C@H](NC(=O)C(C)(C)C)c3nccs3)CC2)cc1. The fraction of sp³-hybridized carbons (Fsp3) is 0.560. The van der Waals surface area contributed by atoms with E-state index in [-0.39, 0.29) is 17.9 Å². The molecule has 0 aliphatic heterocycles. The van der Waals surface area contributed by atoms with Crippen LogP contribution in [0, 0.1) is 24.2 Å². The van der Waals surface area contributed by atoms with Gasteiger partial charge >= 0.3 is 0 Å². The van der Waals surface area contributed by atoms with Gasteiger partial charge in [-0.05, 0) is 50.0 Å². The molecule has 1 aliphatic carbocycles. The number of thiazole rings is 1. The van der Waals surface area contributed by atoms with Crippen LogP contribution in [0.25, 0.3) is 0 Å². The van der Waals surface area contributed by atoms with Gasteiger partial charge in [0.1, 0.15) is 5.01 Å². The van der Waals surface area contributed by atoms with E-state index in [9.17, 15) is 9.59 Å². The lowest BCUT2D eigenvalue weighted by Gasteiger charge is -2.34. The third-order valence-electron chi connectivity index (χ3n) is 6.12. The van der Waals surface area contributed by atoms with E-state index in [0.29, 0.717) is 18.3 Å². The molecule has 31 heavy (non-hydrogen) atoms. The van der Waals surface area contributed by atoms with Crippen LogP contribution in [0.1, 0.15) is 68.6 Å². The average Bonchev–Trinajstić information content (AvgIpc) is 3.26. The van der Waals surface area contributed by atoms with E-state index in [0.717, 1.165) is 42.8 Å². The van der Waals surface area contributed by atoms with Crippen LogP contribution >= 0.6 is 11.3 Å². The van der Waals surface area contributed by atoms with Crippen molar-refractivity contribution in [3.05, 3.63) is 52.0 Å². The van der Waals surface area contributed by atoms with Gasteiger partial charge in [0.2, 0.25) is 11.8 Å². The number of nitrogens with one attached hydrogen (secondary N) is 2. The van der Waals surface area contributed by atoms with Crippen LogP contribution in [0.5, 0.6) is 0 Å². The molecule has 0 saturated heterocycles. The van der Waals surface area contributed by atoms with Crippen LogP contribution in [-0.4, -0.2) is 23.3 Å². The van der Waals surface area contributed by atoms with Gasteiger partial charge in [0, 0.05) is 23.5 Å². The molecule has 2 N–H and O–H groups in total. The molecular weight excluding hydrogens is 406 g/mol. The van der Waals surface area contributed by atoms with Crippen molar-refractivity contribution in [1.29, 1.82) is 0 Å². The Kier molecular flexibility index (Phi) is 7.87. The highest BCUT2D eigenvalue weighted by Crippen LogP contribution is 2.38. The maximum Gasteiger partial charge on any atom is 0.225 e. The molecule has 0 unspecified atom stereocenters. The van der Waals surface area contributed by atoms with Gasteiger partial charge in [-0.15, -0.1) is 11.3 Å². The Morgan fingerprint density at radius 2 is 1.81 bits per heavy atom. The lowest BCUT2D eigenvalue weighted by molar-refractivity contribution is -0.130. The lowest BCUT2D eigenvalue weighted by atomic mass is 9.78. The predicted octanol–water partition coefficient (Wildman–Crippen LogP) is 4.82. The monoisotopic (exact) mass is 441 g/mol. The molecular formula is C25H35N3O2S. The van der Waals surface area contributed by atoms with Crippen molar-refractivity contribution < 1.29 is 9.59 Å². The third-order valence-corrected chi connectivity index (χ3v) is 6.98. The molecule has 0 radical (unpaired) electrons. The summed E-state index contributed by atoms with van der Waals surface area (Å²) in [5.74, 6) is 1.03. The summed E-state index contributed by atoms with van der Waals surface area (Å²) in [6.07, 6.45) is 6.43. The zero-order valence-electron chi connectivity index (χ0n) is 19.1. The summed E-state index contributed by atoms with van der Waals surface area (Å²) in [5, 5.41) is 9.35. The standard InChI is InChI=1S/C25H35N3O2S/c1-17-5-7-18(8-6-17)15-21(29)27-16-19-9-11-20(12-10-19)22(23-26-13-14-31-23)28-24(30)25(2,3)4/h5-8,13-14,19-20,22H,9-12,15-16H2,1-4H3,(H,27,29)(H,28,30)/t19?,20?,22-/m0/s1. The average molecular weight is 442 g/mol. The minimum atomic E-state index is -0.422. The van der Waals surface area contributed by atoms with Gasteiger partial charge in [0.05, 0.1) is 12.5 Å². The van der Waals surface area contributed by atoms with Crippen molar-refractivity contribution in [3.8, 4) is 0 Å². The summed E-state index contributed by atoms with van der Waals surface area (Å²) in [5.41, 5.74) is 1.83. The zero-order valence-corrected chi connectivity index (χ0v) is 19.9. The molecule has 1 aromatic carbocycles.